The van der Waals surface area contributed by atoms with E-state index in [0.717, 1.165) is 0 Å². The summed E-state index contributed by atoms with van der Waals surface area (Å²) in [6.45, 7) is 4.82. The zero-order chi connectivity index (χ0) is 14.7. The lowest BCUT2D eigenvalue weighted by atomic mass is 9.96. The molecule has 6 nitrogen and oxygen atoms in total. The van der Waals surface area contributed by atoms with Crippen LogP contribution in [0.2, 0.25) is 0 Å². The van der Waals surface area contributed by atoms with Gasteiger partial charge in [-0.05, 0) is 26.2 Å². The second kappa shape index (κ2) is 6.07. The number of methoxy groups -OCH3 is 1. The van der Waals surface area contributed by atoms with E-state index in [-0.39, 0.29) is 17.8 Å². The molecule has 1 fully saturated rings. The fourth-order valence-corrected chi connectivity index (χ4v) is 2.58. The highest BCUT2D eigenvalue weighted by atomic mass is 16.5. The SMILES string of the molecule is CCc1noc(C)c1C(=O)N1CCC(C(=O)OC)CC1. The Bertz CT molecular complexity index is 501. The summed E-state index contributed by atoms with van der Waals surface area (Å²) in [6.07, 6.45) is 1.95. The third-order valence-corrected chi connectivity index (χ3v) is 3.80. The number of esters is 1. The van der Waals surface area contributed by atoms with Gasteiger partial charge in [-0.25, -0.2) is 0 Å². The maximum Gasteiger partial charge on any atom is 0.308 e. The van der Waals surface area contributed by atoms with Crippen molar-refractivity contribution >= 4 is 11.9 Å². The summed E-state index contributed by atoms with van der Waals surface area (Å²) in [6, 6.07) is 0. The molecule has 1 amide bonds. The highest BCUT2D eigenvalue weighted by Crippen LogP contribution is 2.22. The molecule has 1 aliphatic rings. The Kier molecular flexibility index (Phi) is 4.42. The lowest BCUT2D eigenvalue weighted by Crippen LogP contribution is -2.40. The molecule has 6 heteroatoms. The molecule has 20 heavy (non-hydrogen) atoms. The molecule has 0 atom stereocenters. The quantitative estimate of drug-likeness (QED) is 0.786. The molecule has 0 unspecified atom stereocenters. The summed E-state index contributed by atoms with van der Waals surface area (Å²) in [5, 5.41) is 3.91. The maximum atomic E-state index is 12.5. The third kappa shape index (κ3) is 2.69. The van der Waals surface area contributed by atoms with Gasteiger partial charge >= 0.3 is 5.97 Å². The topological polar surface area (TPSA) is 72.6 Å². The number of rotatable bonds is 3. The van der Waals surface area contributed by atoms with E-state index in [4.69, 9.17) is 9.26 Å². The summed E-state index contributed by atoms with van der Waals surface area (Å²) in [7, 11) is 1.40. The summed E-state index contributed by atoms with van der Waals surface area (Å²) >= 11 is 0. The number of ether oxygens (including phenoxy) is 1. The van der Waals surface area contributed by atoms with Gasteiger partial charge < -0.3 is 14.2 Å². The van der Waals surface area contributed by atoms with Crippen molar-refractivity contribution in [1.82, 2.24) is 10.1 Å². The van der Waals surface area contributed by atoms with Crippen molar-refractivity contribution in [3.63, 3.8) is 0 Å². The molecule has 1 aliphatic heterocycles. The van der Waals surface area contributed by atoms with Crippen LogP contribution in [0.1, 0.15) is 41.6 Å². The zero-order valence-electron chi connectivity index (χ0n) is 12.1. The van der Waals surface area contributed by atoms with Gasteiger partial charge in [0, 0.05) is 13.1 Å². The highest BCUT2D eigenvalue weighted by Gasteiger charge is 2.30. The van der Waals surface area contributed by atoms with Crippen molar-refractivity contribution in [2.24, 2.45) is 5.92 Å². The fraction of sp³-hybridized carbons (Fsp3) is 0.643. The molecule has 2 heterocycles. The van der Waals surface area contributed by atoms with Crippen LogP contribution in [0.5, 0.6) is 0 Å². The summed E-state index contributed by atoms with van der Waals surface area (Å²) in [5.74, 6) is 0.219. The summed E-state index contributed by atoms with van der Waals surface area (Å²) in [4.78, 5) is 25.8. The Morgan fingerprint density at radius 3 is 2.60 bits per heavy atom. The van der Waals surface area contributed by atoms with E-state index in [1.54, 1.807) is 11.8 Å². The number of hydrogen-bond acceptors (Lipinski definition) is 5. The van der Waals surface area contributed by atoms with Crippen LogP contribution in [0.25, 0.3) is 0 Å². The number of carbonyl (C=O) groups is 2. The molecule has 1 saturated heterocycles. The Balaban J connectivity index is 2.05. The smallest absolute Gasteiger partial charge is 0.308 e. The van der Waals surface area contributed by atoms with E-state index < -0.39 is 0 Å². The van der Waals surface area contributed by atoms with Crippen molar-refractivity contribution < 1.29 is 18.8 Å². The highest BCUT2D eigenvalue weighted by molar-refractivity contribution is 5.96. The molecule has 1 aromatic rings. The minimum atomic E-state index is -0.187. The second-order valence-corrected chi connectivity index (χ2v) is 5.00. The average Bonchev–Trinajstić information content (AvgIpc) is 2.86. The predicted octanol–water partition coefficient (Wildman–Crippen LogP) is 1.57. The standard InChI is InChI=1S/C14H20N2O4/c1-4-11-12(9(2)20-15-11)13(17)16-7-5-10(6-8-16)14(18)19-3/h10H,4-8H2,1-3H3. The number of piperidine rings is 1. The first-order valence-electron chi connectivity index (χ1n) is 6.90. The van der Waals surface area contributed by atoms with Gasteiger partial charge in [-0.3, -0.25) is 9.59 Å². The molecule has 0 spiro atoms. The Morgan fingerprint density at radius 2 is 2.05 bits per heavy atom. The molecule has 1 aromatic heterocycles. The van der Waals surface area contributed by atoms with Crippen LogP contribution in [0.15, 0.2) is 4.52 Å². The number of aromatic nitrogens is 1. The van der Waals surface area contributed by atoms with Crippen LogP contribution in [0, 0.1) is 12.8 Å². The lowest BCUT2D eigenvalue weighted by molar-refractivity contribution is -0.146. The molecule has 0 N–H and O–H groups in total. The molecule has 0 aliphatic carbocycles. The van der Waals surface area contributed by atoms with Crippen molar-refractivity contribution in [2.45, 2.75) is 33.1 Å². The molecule has 0 bridgehead atoms. The largest absolute Gasteiger partial charge is 0.469 e. The minimum Gasteiger partial charge on any atom is -0.469 e. The molecular formula is C14H20N2O4. The van der Waals surface area contributed by atoms with E-state index in [2.05, 4.69) is 5.16 Å². The first kappa shape index (κ1) is 14.6. The van der Waals surface area contributed by atoms with Crippen molar-refractivity contribution in [3.05, 3.63) is 17.0 Å². The van der Waals surface area contributed by atoms with E-state index in [1.807, 2.05) is 6.92 Å². The van der Waals surface area contributed by atoms with Gasteiger partial charge in [0.25, 0.3) is 5.91 Å². The molecule has 0 saturated carbocycles. The fourth-order valence-electron chi connectivity index (χ4n) is 2.58. The number of hydrogen-bond donors (Lipinski definition) is 0. The third-order valence-electron chi connectivity index (χ3n) is 3.80. The normalized spacial score (nSPS) is 16.2. The van der Waals surface area contributed by atoms with Gasteiger partial charge in [-0.2, -0.15) is 0 Å². The molecule has 110 valence electrons. The Morgan fingerprint density at radius 1 is 1.40 bits per heavy atom. The number of amides is 1. The van der Waals surface area contributed by atoms with Crippen LogP contribution in [0.4, 0.5) is 0 Å². The Labute approximate surface area is 118 Å². The first-order chi connectivity index (χ1) is 9.58. The monoisotopic (exact) mass is 280 g/mol. The van der Waals surface area contributed by atoms with E-state index in [9.17, 15) is 9.59 Å². The van der Waals surface area contributed by atoms with Gasteiger partial charge in [-0.15, -0.1) is 0 Å². The van der Waals surface area contributed by atoms with Crippen molar-refractivity contribution in [3.8, 4) is 0 Å². The first-order valence-corrected chi connectivity index (χ1v) is 6.90. The predicted molar refractivity (Wildman–Crippen MR) is 71.3 cm³/mol. The number of likely N-dealkylation sites (tertiary alicyclic amines) is 1. The second-order valence-electron chi connectivity index (χ2n) is 5.00. The lowest BCUT2D eigenvalue weighted by Gasteiger charge is -2.30. The molecule has 2 rings (SSSR count). The van der Waals surface area contributed by atoms with Crippen LogP contribution < -0.4 is 0 Å². The van der Waals surface area contributed by atoms with E-state index in [1.165, 1.54) is 7.11 Å². The van der Waals surface area contributed by atoms with E-state index >= 15 is 0 Å². The van der Waals surface area contributed by atoms with Crippen molar-refractivity contribution in [2.75, 3.05) is 20.2 Å². The molecular weight excluding hydrogens is 260 g/mol. The zero-order valence-corrected chi connectivity index (χ0v) is 12.1. The minimum absolute atomic E-state index is 0.0519. The number of carbonyl (C=O) groups excluding carboxylic acids is 2. The number of aryl methyl sites for hydroxylation is 2. The van der Waals surface area contributed by atoms with Gasteiger partial charge in [0.1, 0.15) is 11.3 Å². The maximum absolute atomic E-state index is 12.5. The van der Waals surface area contributed by atoms with Crippen LogP contribution >= 0.6 is 0 Å². The number of nitrogens with zero attached hydrogens (tertiary/aromatic N) is 2. The summed E-state index contributed by atoms with van der Waals surface area (Å²) < 4.78 is 9.85. The van der Waals surface area contributed by atoms with Gasteiger partial charge in [0.15, 0.2) is 0 Å². The van der Waals surface area contributed by atoms with Crippen LogP contribution in [-0.2, 0) is 16.0 Å². The van der Waals surface area contributed by atoms with Gasteiger partial charge in [-0.1, -0.05) is 12.1 Å². The Hall–Kier alpha value is -1.85. The van der Waals surface area contributed by atoms with Gasteiger partial charge in [0.2, 0.25) is 0 Å². The summed E-state index contributed by atoms with van der Waals surface area (Å²) in [5.41, 5.74) is 1.27. The molecule has 0 radical (unpaired) electrons. The average molecular weight is 280 g/mol. The van der Waals surface area contributed by atoms with Crippen molar-refractivity contribution in [1.29, 1.82) is 0 Å². The van der Waals surface area contributed by atoms with E-state index in [0.29, 0.717) is 49.4 Å². The van der Waals surface area contributed by atoms with Gasteiger partial charge in [0.05, 0.1) is 18.7 Å². The van der Waals surface area contributed by atoms with Crippen LogP contribution in [-0.4, -0.2) is 42.1 Å². The van der Waals surface area contributed by atoms with Crippen LogP contribution in [0.3, 0.4) is 0 Å². The molecule has 0 aromatic carbocycles.